The van der Waals surface area contributed by atoms with Crippen LogP contribution in [0.3, 0.4) is 0 Å². The van der Waals surface area contributed by atoms with Crippen LogP contribution < -0.4 is 11.0 Å². The highest BCUT2D eigenvalue weighted by Gasteiger charge is 2.12. The second-order valence-electron chi connectivity index (χ2n) is 6.54. The first-order valence-corrected chi connectivity index (χ1v) is 8.75. The molecule has 140 valence electrons. The molecule has 2 aromatic carbocycles. The number of amides is 1. The Morgan fingerprint density at radius 2 is 1.96 bits per heavy atom. The van der Waals surface area contributed by atoms with Crippen LogP contribution in [-0.2, 0) is 6.54 Å². The first kappa shape index (κ1) is 17.5. The summed E-state index contributed by atoms with van der Waals surface area (Å²) >= 11 is 0. The van der Waals surface area contributed by atoms with Gasteiger partial charge in [0.1, 0.15) is 5.75 Å². The van der Waals surface area contributed by atoms with Crippen molar-refractivity contribution in [2.75, 3.05) is 5.32 Å². The number of rotatable bonds is 4. The summed E-state index contributed by atoms with van der Waals surface area (Å²) in [6, 6.07) is 17.4. The highest BCUT2D eigenvalue weighted by molar-refractivity contribution is 6.06. The summed E-state index contributed by atoms with van der Waals surface area (Å²) in [5, 5.41) is 17.1. The molecule has 0 radical (unpaired) electrons. The molecule has 0 atom stereocenters. The minimum Gasteiger partial charge on any atom is -0.507 e. The first-order valence-electron chi connectivity index (χ1n) is 8.75. The van der Waals surface area contributed by atoms with Crippen molar-refractivity contribution in [3.8, 4) is 5.75 Å². The smallest absolute Gasteiger partial charge is 0.350 e. The van der Waals surface area contributed by atoms with Crippen LogP contribution in [-0.4, -0.2) is 25.2 Å². The Balaban J connectivity index is 1.56. The Hall–Kier alpha value is -3.87. The second kappa shape index (κ2) is 7.03. The van der Waals surface area contributed by atoms with E-state index in [-0.39, 0.29) is 23.5 Å². The fraction of sp³-hybridized carbons (Fsp3) is 0.0952. The molecule has 28 heavy (non-hydrogen) atoms. The lowest BCUT2D eigenvalue weighted by Gasteiger charge is -2.09. The van der Waals surface area contributed by atoms with Gasteiger partial charge in [-0.1, -0.05) is 24.3 Å². The lowest BCUT2D eigenvalue weighted by molar-refractivity contribution is 0.102. The van der Waals surface area contributed by atoms with Gasteiger partial charge in [0.25, 0.3) is 5.91 Å². The average molecular weight is 374 g/mol. The highest BCUT2D eigenvalue weighted by atomic mass is 16.3. The Morgan fingerprint density at radius 1 is 1.11 bits per heavy atom. The van der Waals surface area contributed by atoms with Gasteiger partial charge in [0, 0.05) is 11.9 Å². The van der Waals surface area contributed by atoms with E-state index in [0.717, 1.165) is 11.1 Å². The largest absolute Gasteiger partial charge is 0.507 e. The van der Waals surface area contributed by atoms with Crippen molar-refractivity contribution >= 4 is 17.2 Å². The van der Waals surface area contributed by atoms with E-state index in [0.29, 0.717) is 11.3 Å². The number of nitrogens with one attached hydrogen (secondary N) is 1. The molecule has 0 saturated carbocycles. The van der Waals surface area contributed by atoms with Crippen LogP contribution in [0.4, 0.5) is 5.69 Å². The number of carbonyl (C=O) groups excluding carboxylic acids is 1. The number of aryl methyl sites for hydroxylation is 1. The minimum absolute atomic E-state index is 0.0649. The molecule has 4 aromatic rings. The highest BCUT2D eigenvalue weighted by Crippen LogP contribution is 2.20. The van der Waals surface area contributed by atoms with Crippen LogP contribution in [0.5, 0.6) is 5.75 Å². The molecule has 0 fully saturated rings. The number of aromatic hydroxyl groups is 1. The molecule has 7 heteroatoms. The molecular weight excluding hydrogens is 356 g/mol. The summed E-state index contributed by atoms with van der Waals surface area (Å²) in [4.78, 5) is 24.9. The molecule has 0 spiro atoms. The Bertz CT molecular complexity index is 1240. The van der Waals surface area contributed by atoms with Gasteiger partial charge in [-0.2, -0.15) is 0 Å². The van der Waals surface area contributed by atoms with E-state index in [4.69, 9.17) is 0 Å². The van der Waals surface area contributed by atoms with Crippen LogP contribution in [0, 0.1) is 6.92 Å². The normalized spacial score (nSPS) is 10.9. The minimum atomic E-state index is -0.403. The molecule has 0 unspecified atom stereocenters. The van der Waals surface area contributed by atoms with E-state index in [9.17, 15) is 14.7 Å². The zero-order valence-corrected chi connectivity index (χ0v) is 15.2. The van der Waals surface area contributed by atoms with Crippen molar-refractivity contribution in [2.45, 2.75) is 13.5 Å². The Morgan fingerprint density at radius 3 is 2.75 bits per heavy atom. The number of hydrogen-bond acceptors (Lipinski definition) is 4. The number of carbonyl (C=O) groups is 1. The van der Waals surface area contributed by atoms with E-state index in [1.54, 1.807) is 54.7 Å². The number of nitrogens with zero attached hydrogens (tertiary/aromatic N) is 3. The molecule has 4 rings (SSSR count). The van der Waals surface area contributed by atoms with Crippen LogP contribution in [0.1, 0.15) is 21.5 Å². The van der Waals surface area contributed by atoms with Crippen molar-refractivity contribution in [2.24, 2.45) is 0 Å². The van der Waals surface area contributed by atoms with Crippen LogP contribution >= 0.6 is 0 Å². The number of fused-ring (bicyclic) bond motifs is 1. The molecule has 0 aliphatic rings. The van der Waals surface area contributed by atoms with Gasteiger partial charge in [-0.05, 0) is 54.4 Å². The van der Waals surface area contributed by atoms with Gasteiger partial charge >= 0.3 is 5.69 Å². The third-order valence-corrected chi connectivity index (χ3v) is 4.40. The van der Waals surface area contributed by atoms with Crippen LogP contribution in [0.2, 0.25) is 0 Å². The van der Waals surface area contributed by atoms with Crippen molar-refractivity contribution in [3.05, 3.63) is 94.0 Å². The average Bonchev–Trinajstić information content (AvgIpc) is 2.98. The molecular formula is C21H18N4O3. The van der Waals surface area contributed by atoms with Gasteiger partial charge < -0.3 is 10.4 Å². The number of benzene rings is 2. The predicted molar refractivity (Wildman–Crippen MR) is 106 cm³/mol. The molecule has 0 bridgehead atoms. The Labute approximate surface area is 160 Å². The summed E-state index contributed by atoms with van der Waals surface area (Å²) < 4.78 is 2.86. The van der Waals surface area contributed by atoms with E-state index < -0.39 is 5.91 Å². The van der Waals surface area contributed by atoms with Gasteiger partial charge in [-0.25, -0.2) is 9.48 Å². The maximum absolute atomic E-state index is 12.4. The quantitative estimate of drug-likeness (QED) is 0.575. The summed E-state index contributed by atoms with van der Waals surface area (Å²) in [5.74, 6) is -0.468. The van der Waals surface area contributed by atoms with E-state index in [1.807, 2.05) is 19.1 Å². The summed E-state index contributed by atoms with van der Waals surface area (Å²) in [6.45, 7) is 2.12. The monoisotopic (exact) mass is 374 g/mol. The first-order chi connectivity index (χ1) is 13.5. The number of pyridine rings is 1. The third-order valence-electron chi connectivity index (χ3n) is 4.40. The number of anilines is 1. The maximum atomic E-state index is 12.4. The topological polar surface area (TPSA) is 88.6 Å². The lowest BCUT2D eigenvalue weighted by Crippen LogP contribution is -2.21. The third kappa shape index (κ3) is 3.37. The van der Waals surface area contributed by atoms with Gasteiger partial charge in [0.05, 0.1) is 12.1 Å². The molecule has 2 N–H and O–H groups in total. The van der Waals surface area contributed by atoms with Crippen molar-refractivity contribution < 1.29 is 9.90 Å². The van der Waals surface area contributed by atoms with Gasteiger partial charge in [-0.15, -0.1) is 5.10 Å². The molecule has 7 nitrogen and oxygen atoms in total. The predicted octanol–water partition coefficient (Wildman–Crippen LogP) is 2.81. The van der Waals surface area contributed by atoms with Crippen molar-refractivity contribution in [1.82, 2.24) is 14.2 Å². The van der Waals surface area contributed by atoms with Gasteiger partial charge in [0.2, 0.25) is 0 Å². The van der Waals surface area contributed by atoms with E-state index >= 15 is 0 Å². The van der Waals surface area contributed by atoms with Gasteiger partial charge in [0.15, 0.2) is 5.65 Å². The number of phenols is 1. The molecule has 0 aliphatic carbocycles. The molecule has 2 aromatic heterocycles. The fourth-order valence-corrected chi connectivity index (χ4v) is 3.02. The summed E-state index contributed by atoms with van der Waals surface area (Å²) in [5.41, 5.74) is 2.80. The molecule has 2 heterocycles. The zero-order valence-electron chi connectivity index (χ0n) is 15.2. The fourth-order valence-electron chi connectivity index (χ4n) is 3.02. The summed E-state index contributed by atoms with van der Waals surface area (Å²) in [7, 11) is 0. The second-order valence-corrected chi connectivity index (χ2v) is 6.54. The van der Waals surface area contributed by atoms with E-state index in [2.05, 4.69) is 10.4 Å². The van der Waals surface area contributed by atoms with E-state index in [1.165, 1.54) is 9.08 Å². The van der Waals surface area contributed by atoms with Gasteiger partial charge in [-0.3, -0.25) is 9.20 Å². The van der Waals surface area contributed by atoms with Crippen molar-refractivity contribution in [3.63, 3.8) is 0 Å². The standard InChI is InChI=1S/C21H18N4O3/c1-14-8-9-17(18(26)11-14)20(27)22-16-6-4-5-15(12-16)13-25-21(28)24-10-3-2-7-19(24)23-25/h2-12,26H,13H2,1H3,(H,22,27). The summed E-state index contributed by atoms with van der Waals surface area (Å²) in [6.07, 6.45) is 1.67. The zero-order chi connectivity index (χ0) is 19.7. The molecule has 0 saturated heterocycles. The SMILES string of the molecule is Cc1ccc(C(=O)Nc2cccc(Cn3nc4ccccn4c3=O)c2)c(O)c1. The van der Waals surface area contributed by atoms with Crippen LogP contribution in [0.15, 0.2) is 71.7 Å². The number of phenolic OH excluding ortho intramolecular Hbond substituents is 1. The maximum Gasteiger partial charge on any atom is 0.350 e. The van der Waals surface area contributed by atoms with Crippen molar-refractivity contribution in [1.29, 1.82) is 0 Å². The van der Waals surface area contributed by atoms with Crippen LogP contribution in [0.25, 0.3) is 5.65 Å². The number of aromatic nitrogens is 3. The molecule has 1 amide bonds. The number of hydrogen-bond donors (Lipinski definition) is 2. The Kier molecular flexibility index (Phi) is 4.41. The molecule has 0 aliphatic heterocycles. The lowest BCUT2D eigenvalue weighted by atomic mass is 10.1.